The van der Waals surface area contributed by atoms with Crippen molar-refractivity contribution >= 4 is 33.3 Å². The Morgan fingerprint density at radius 2 is 1.78 bits per heavy atom. The van der Waals surface area contributed by atoms with E-state index in [1.807, 2.05) is 0 Å². The van der Waals surface area contributed by atoms with Crippen molar-refractivity contribution in [3.05, 3.63) is 53.1 Å². The van der Waals surface area contributed by atoms with Crippen LogP contribution in [-0.4, -0.2) is 33.7 Å². The van der Waals surface area contributed by atoms with E-state index < -0.39 is 16.0 Å². The van der Waals surface area contributed by atoms with Crippen molar-refractivity contribution in [2.45, 2.75) is 4.90 Å². The first kappa shape index (κ1) is 17.1. The minimum absolute atomic E-state index is 0.0354. The number of carboxylic acid groups (broad SMARTS) is 1. The standard InChI is InChI=1S/C15H14ClNO5S/c1-17(10-3-8-13(15(18)19)14(16)9-10)23(20,21)12-6-4-11(22-2)5-7-12/h3-9H,1-2H3,(H,18,19). The fourth-order valence-corrected chi connectivity index (χ4v) is 3.36. The van der Waals surface area contributed by atoms with Crippen LogP contribution in [0.15, 0.2) is 47.4 Å². The topological polar surface area (TPSA) is 83.9 Å². The molecule has 0 amide bonds. The van der Waals surface area contributed by atoms with Gasteiger partial charge in [-0.1, -0.05) is 11.6 Å². The first-order valence-corrected chi connectivity index (χ1v) is 8.25. The van der Waals surface area contributed by atoms with Crippen LogP contribution in [0.4, 0.5) is 5.69 Å². The molecule has 2 rings (SSSR count). The lowest BCUT2D eigenvalue weighted by Crippen LogP contribution is -2.26. The summed E-state index contributed by atoms with van der Waals surface area (Å²) in [5, 5.41) is 8.92. The minimum atomic E-state index is -3.80. The van der Waals surface area contributed by atoms with Gasteiger partial charge in [0, 0.05) is 7.05 Å². The number of benzene rings is 2. The maximum atomic E-state index is 12.6. The predicted octanol–water partition coefficient (Wildman–Crippen LogP) is 2.87. The molecule has 0 aliphatic heterocycles. The van der Waals surface area contributed by atoms with E-state index in [-0.39, 0.29) is 21.2 Å². The fraction of sp³-hybridized carbons (Fsp3) is 0.133. The van der Waals surface area contributed by atoms with E-state index in [9.17, 15) is 13.2 Å². The van der Waals surface area contributed by atoms with Gasteiger partial charge in [0.15, 0.2) is 0 Å². The monoisotopic (exact) mass is 355 g/mol. The molecule has 6 nitrogen and oxygen atoms in total. The third-order valence-corrected chi connectivity index (χ3v) is 5.38. The highest BCUT2D eigenvalue weighted by molar-refractivity contribution is 7.92. The van der Waals surface area contributed by atoms with Gasteiger partial charge in [0.25, 0.3) is 10.0 Å². The highest BCUT2D eigenvalue weighted by atomic mass is 35.5. The summed E-state index contributed by atoms with van der Waals surface area (Å²) in [5.74, 6) is -0.636. The second-order valence-electron chi connectivity index (χ2n) is 4.62. The van der Waals surface area contributed by atoms with Crippen LogP contribution in [0.1, 0.15) is 10.4 Å². The molecule has 0 aliphatic carbocycles. The molecule has 0 bridgehead atoms. The van der Waals surface area contributed by atoms with Crippen LogP contribution in [0.5, 0.6) is 5.75 Å². The van der Waals surface area contributed by atoms with Crippen LogP contribution < -0.4 is 9.04 Å². The second-order valence-corrected chi connectivity index (χ2v) is 6.99. The lowest BCUT2D eigenvalue weighted by Gasteiger charge is -2.20. The van der Waals surface area contributed by atoms with E-state index in [1.54, 1.807) is 12.1 Å². The summed E-state index contributed by atoms with van der Waals surface area (Å²) in [6.45, 7) is 0. The lowest BCUT2D eigenvalue weighted by atomic mass is 10.2. The number of aromatic carboxylic acids is 1. The largest absolute Gasteiger partial charge is 0.497 e. The fourth-order valence-electron chi connectivity index (χ4n) is 1.92. The summed E-state index contributed by atoms with van der Waals surface area (Å²) < 4.78 is 31.2. The molecular formula is C15H14ClNO5S. The van der Waals surface area contributed by atoms with Gasteiger partial charge < -0.3 is 9.84 Å². The molecular weight excluding hydrogens is 342 g/mol. The Hall–Kier alpha value is -2.25. The molecule has 0 fully saturated rings. The van der Waals surface area contributed by atoms with E-state index in [0.29, 0.717) is 5.75 Å². The summed E-state index contributed by atoms with van der Waals surface area (Å²) in [7, 11) is -0.941. The van der Waals surface area contributed by atoms with E-state index in [2.05, 4.69) is 0 Å². The molecule has 0 saturated carbocycles. The van der Waals surface area contributed by atoms with Crippen LogP contribution in [0.2, 0.25) is 5.02 Å². The van der Waals surface area contributed by atoms with Gasteiger partial charge in [-0.25, -0.2) is 13.2 Å². The van der Waals surface area contributed by atoms with E-state index >= 15 is 0 Å². The Bertz CT molecular complexity index is 833. The van der Waals surface area contributed by atoms with Crippen LogP contribution in [0.3, 0.4) is 0 Å². The van der Waals surface area contributed by atoms with Gasteiger partial charge in [-0.15, -0.1) is 0 Å². The Kier molecular flexibility index (Phi) is 4.82. The number of carboxylic acids is 1. The number of halogens is 1. The number of rotatable bonds is 5. The first-order valence-electron chi connectivity index (χ1n) is 6.43. The van der Waals surface area contributed by atoms with Crippen LogP contribution in [-0.2, 0) is 10.0 Å². The summed E-state index contributed by atoms with van der Waals surface area (Å²) in [4.78, 5) is 11.0. The molecule has 0 atom stereocenters. The number of anilines is 1. The Morgan fingerprint density at radius 1 is 1.17 bits per heavy atom. The number of methoxy groups -OCH3 is 1. The van der Waals surface area contributed by atoms with Gasteiger partial charge in [0.05, 0.1) is 28.3 Å². The van der Waals surface area contributed by atoms with Crippen LogP contribution in [0.25, 0.3) is 0 Å². The molecule has 0 aromatic heterocycles. The van der Waals surface area contributed by atoms with Gasteiger partial charge in [0.2, 0.25) is 0 Å². The van der Waals surface area contributed by atoms with Gasteiger partial charge in [-0.05, 0) is 42.5 Å². The summed E-state index contributed by atoms with van der Waals surface area (Å²) in [6, 6.07) is 9.89. The number of sulfonamides is 1. The molecule has 122 valence electrons. The first-order chi connectivity index (χ1) is 10.8. The summed E-state index contributed by atoms with van der Waals surface area (Å²) >= 11 is 5.89. The highest BCUT2D eigenvalue weighted by Crippen LogP contribution is 2.27. The maximum absolute atomic E-state index is 12.6. The molecule has 0 spiro atoms. The Morgan fingerprint density at radius 3 is 2.26 bits per heavy atom. The van der Waals surface area contributed by atoms with E-state index in [4.69, 9.17) is 21.4 Å². The Labute approximate surface area is 138 Å². The number of carbonyl (C=O) groups is 1. The van der Waals surface area contributed by atoms with Crippen molar-refractivity contribution < 1.29 is 23.1 Å². The minimum Gasteiger partial charge on any atom is -0.497 e. The number of nitrogens with zero attached hydrogens (tertiary/aromatic N) is 1. The third-order valence-electron chi connectivity index (χ3n) is 3.26. The molecule has 2 aromatic carbocycles. The zero-order chi connectivity index (χ0) is 17.2. The molecule has 0 heterocycles. The quantitative estimate of drug-likeness (QED) is 0.891. The molecule has 0 saturated heterocycles. The van der Waals surface area contributed by atoms with Crippen molar-refractivity contribution in [2.75, 3.05) is 18.5 Å². The van der Waals surface area contributed by atoms with E-state index in [0.717, 1.165) is 4.31 Å². The summed E-state index contributed by atoms with van der Waals surface area (Å²) in [5.41, 5.74) is 0.168. The predicted molar refractivity (Wildman–Crippen MR) is 87.0 cm³/mol. The lowest BCUT2D eigenvalue weighted by molar-refractivity contribution is 0.0697. The molecule has 0 aliphatic rings. The zero-order valence-corrected chi connectivity index (χ0v) is 13.9. The molecule has 0 radical (unpaired) electrons. The average Bonchev–Trinajstić information content (AvgIpc) is 2.53. The SMILES string of the molecule is COc1ccc(S(=O)(=O)N(C)c2ccc(C(=O)O)c(Cl)c2)cc1. The highest BCUT2D eigenvalue weighted by Gasteiger charge is 2.22. The average molecular weight is 356 g/mol. The molecule has 8 heteroatoms. The third kappa shape index (κ3) is 3.40. The van der Waals surface area contributed by atoms with Crippen molar-refractivity contribution in [1.82, 2.24) is 0 Å². The van der Waals surface area contributed by atoms with Crippen molar-refractivity contribution in [1.29, 1.82) is 0 Å². The van der Waals surface area contributed by atoms with Crippen LogP contribution >= 0.6 is 11.6 Å². The maximum Gasteiger partial charge on any atom is 0.337 e. The van der Waals surface area contributed by atoms with Crippen LogP contribution in [0, 0.1) is 0 Å². The smallest absolute Gasteiger partial charge is 0.337 e. The van der Waals surface area contributed by atoms with Gasteiger partial charge in [0.1, 0.15) is 5.75 Å². The molecule has 0 unspecified atom stereocenters. The Balaban J connectivity index is 2.39. The van der Waals surface area contributed by atoms with Crippen molar-refractivity contribution in [3.8, 4) is 5.75 Å². The number of hydrogen-bond acceptors (Lipinski definition) is 4. The summed E-state index contributed by atoms with van der Waals surface area (Å²) in [6.07, 6.45) is 0. The molecule has 2 aromatic rings. The second kappa shape index (κ2) is 6.47. The van der Waals surface area contributed by atoms with Gasteiger partial charge >= 0.3 is 5.97 Å². The molecule has 23 heavy (non-hydrogen) atoms. The van der Waals surface area contributed by atoms with Gasteiger partial charge in [-0.3, -0.25) is 4.31 Å². The number of ether oxygens (including phenoxy) is 1. The zero-order valence-electron chi connectivity index (χ0n) is 12.4. The molecule has 1 N–H and O–H groups in total. The van der Waals surface area contributed by atoms with Crippen molar-refractivity contribution in [3.63, 3.8) is 0 Å². The number of hydrogen-bond donors (Lipinski definition) is 1. The normalized spacial score (nSPS) is 11.1. The van der Waals surface area contributed by atoms with E-state index in [1.165, 1.54) is 44.5 Å². The van der Waals surface area contributed by atoms with Gasteiger partial charge in [-0.2, -0.15) is 0 Å². The van der Waals surface area contributed by atoms with Crippen molar-refractivity contribution in [2.24, 2.45) is 0 Å².